The number of nitrogens with one attached hydrogen (secondary N) is 1. The van der Waals surface area contributed by atoms with Crippen LogP contribution < -0.4 is 5.32 Å². The zero-order chi connectivity index (χ0) is 19.6. The van der Waals surface area contributed by atoms with Crippen LogP contribution in [0.4, 0.5) is 4.79 Å². The third-order valence-corrected chi connectivity index (χ3v) is 5.91. The Labute approximate surface area is 161 Å². The Hall–Kier alpha value is -1.67. The van der Waals surface area contributed by atoms with E-state index in [0.29, 0.717) is 31.8 Å². The van der Waals surface area contributed by atoms with Crippen molar-refractivity contribution >= 4 is 17.8 Å². The Morgan fingerprint density at radius 1 is 1.26 bits per heavy atom. The van der Waals surface area contributed by atoms with Crippen molar-refractivity contribution in [3.8, 4) is 0 Å². The molecule has 152 valence electrons. The monoisotopic (exact) mass is 380 g/mol. The van der Waals surface area contributed by atoms with Gasteiger partial charge in [-0.3, -0.25) is 14.5 Å². The Morgan fingerprint density at radius 2 is 1.96 bits per heavy atom. The molecule has 0 radical (unpaired) electrons. The van der Waals surface area contributed by atoms with Gasteiger partial charge in [-0.25, -0.2) is 4.79 Å². The molecule has 4 amide bonds. The molecule has 27 heavy (non-hydrogen) atoms. The summed E-state index contributed by atoms with van der Waals surface area (Å²) in [6.45, 7) is 8.11. The van der Waals surface area contributed by atoms with Gasteiger partial charge in [0, 0.05) is 39.8 Å². The topological polar surface area (TPSA) is 82.2 Å². The quantitative estimate of drug-likeness (QED) is 0.709. The second kappa shape index (κ2) is 8.14. The second-order valence-electron chi connectivity index (χ2n) is 8.45. The van der Waals surface area contributed by atoms with Crippen LogP contribution in [0, 0.1) is 5.92 Å². The van der Waals surface area contributed by atoms with Crippen LogP contribution in [-0.4, -0.2) is 90.6 Å². The minimum Gasteiger partial charge on any atom is -0.375 e. The third kappa shape index (κ3) is 4.11. The summed E-state index contributed by atoms with van der Waals surface area (Å²) in [6, 6.07) is -0.552. The van der Waals surface area contributed by atoms with Gasteiger partial charge in [-0.05, 0) is 31.6 Å². The molecule has 3 rings (SSSR count). The summed E-state index contributed by atoms with van der Waals surface area (Å²) in [5.41, 5.74) is -0.761. The first-order valence-corrected chi connectivity index (χ1v) is 10.0. The summed E-state index contributed by atoms with van der Waals surface area (Å²) in [7, 11) is 1.49. The molecule has 3 fully saturated rings. The van der Waals surface area contributed by atoms with Crippen LogP contribution >= 0.6 is 0 Å². The number of imide groups is 1. The van der Waals surface area contributed by atoms with E-state index in [0.717, 1.165) is 32.5 Å². The highest BCUT2D eigenvalue weighted by Crippen LogP contribution is 2.32. The molecule has 1 N–H and O–H groups in total. The van der Waals surface area contributed by atoms with E-state index in [2.05, 4.69) is 24.1 Å². The highest BCUT2D eigenvalue weighted by molar-refractivity contribution is 6.07. The Balaban J connectivity index is 1.65. The average molecular weight is 380 g/mol. The van der Waals surface area contributed by atoms with Crippen molar-refractivity contribution in [1.29, 1.82) is 0 Å². The fourth-order valence-corrected chi connectivity index (χ4v) is 4.55. The molecule has 1 spiro atoms. The molecule has 3 aliphatic heterocycles. The lowest BCUT2D eigenvalue weighted by Crippen LogP contribution is -2.56. The van der Waals surface area contributed by atoms with Gasteiger partial charge in [-0.1, -0.05) is 13.8 Å². The lowest BCUT2D eigenvalue weighted by Gasteiger charge is -2.39. The fourth-order valence-electron chi connectivity index (χ4n) is 4.55. The van der Waals surface area contributed by atoms with Crippen LogP contribution in [0.3, 0.4) is 0 Å². The van der Waals surface area contributed by atoms with Crippen molar-refractivity contribution in [3.05, 3.63) is 0 Å². The average Bonchev–Trinajstić information content (AvgIpc) is 2.87. The first kappa shape index (κ1) is 20.1. The van der Waals surface area contributed by atoms with Crippen molar-refractivity contribution in [2.24, 2.45) is 5.92 Å². The Morgan fingerprint density at radius 3 is 2.59 bits per heavy atom. The van der Waals surface area contributed by atoms with E-state index in [-0.39, 0.29) is 30.5 Å². The van der Waals surface area contributed by atoms with Gasteiger partial charge in [0.25, 0.3) is 5.91 Å². The number of nitrogens with zero attached hydrogens (tertiary/aromatic N) is 3. The van der Waals surface area contributed by atoms with E-state index >= 15 is 0 Å². The predicted octanol–water partition coefficient (Wildman–Crippen LogP) is 0.666. The number of urea groups is 1. The molecule has 3 saturated heterocycles. The SMILES string of the molecule is COCC(=O)N1CCC[C@@H](N2C(=O)NC3(CCN(CC(C)C)CC3)C2=O)C1. The van der Waals surface area contributed by atoms with E-state index in [9.17, 15) is 14.4 Å². The minimum atomic E-state index is -0.761. The number of ether oxygens (including phenoxy) is 1. The molecule has 3 heterocycles. The van der Waals surface area contributed by atoms with Gasteiger partial charge in [0.1, 0.15) is 12.1 Å². The van der Waals surface area contributed by atoms with Gasteiger partial charge in [-0.2, -0.15) is 0 Å². The van der Waals surface area contributed by atoms with Crippen LogP contribution in [0.5, 0.6) is 0 Å². The number of carbonyl (C=O) groups is 3. The van der Waals surface area contributed by atoms with Crippen molar-refractivity contribution in [3.63, 3.8) is 0 Å². The normalized spacial score (nSPS) is 26.1. The number of hydrogen-bond donors (Lipinski definition) is 1. The zero-order valence-electron chi connectivity index (χ0n) is 16.7. The van der Waals surface area contributed by atoms with Crippen LogP contribution in [0.15, 0.2) is 0 Å². The molecule has 0 bridgehead atoms. The van der Waals surface area contributed by atoms with Crippen LogP contribution in [0.1, 0.15) is 39.5 Å². The summed E-state index contributed by atoms with van der Waals surface area (Å²) < 4.78 is 4.93. The van der Waals surface area contributed by atoms with Crippen molar-refractivity contribution in [2.45, 2.75) is 51.1 Å². The summed E-state index contributed by atoms with van der Waals surface area (Å²) in [4.78, 5) is 43.5. The highest BCUT2D eigenvalue weighted by Gasteiger charge is 2.54. The van der Waals surface area contributed by atoms with Gasteiger partial charge in [0.15, 0.2) is 0 Å². The minimum absolute atomic E-state index is 0.0302. The molecule has 0 unspecified atom stereocenters. The van der Waals surface area contributed by atoms with Gasteiger partial charge in [0.05, 0.1) is 6.04 Å². The van der Waals surface area contributed by atoms with E-state index < -0.39 is 5.54 Å². The number of methoxy groups -OCH3 is 1. The first-order valence-electron chi connectivity index (χ1n) is 10.0. The molecule has 0 saturated carbocycles. The van der Waals surface area contributed by atoms with Gasteiger partial charge in [-0.15, -0.1) is 0 Å². The lowest BCUT2D eigenvalue weighted by molar-refractivity contribution is -0.141. The van der Waals surface area contributed by atoms with Gasteiger partial charge >= 0.3 is 6.03 Å². The molecular weight excluding hydrogens is 348 g/mol. The van der Waals surface area contributed by atoms with Crippen LogP contribution in [0.2, 0.25) is 0 Å². The predicted molar refractivity (Wildman–Crippen MR) is 100 cm³/mol. The van der Waals surface area contributed by atoms with E-state index in [1.807, 2.05) is 0 Å². The molecule has 8 nitrogen and oxygen atoms in total. The number of carbonyl (C=O) groups excluding carboxylic acids is 3. The summed E-state index contributed by atoms with van der Waals surface area (Å²) in [5.74, 6) is 0.385. The van der Waals surface area contributed by atoms with Crippen molar-refractivity contribution < 1.29 is 19.1 Å². The maximum Gasteiger partial charge on any atom is 0.325 e. The van der Waals surface area contributed by atoms with Gasteiger partial charge in [0.2, 0.25) is 5.91 Å². The van der Waals surface area contributed by atoms with E-state index in [4.69, 9.17) is 4.74 Å². The lowest BCUT2D eigenvalue weighted by atomic mass is 9.86. The molecule has 8 heteroatoms. The van der Waals surface area contributed by atoms with Crippen molar-refractivity contribution in [2.75, 3.05) is 46.4 Å². The Kier molecular flexibility index (Phi) is 6.05. The third-order valence-electron chi connectivity index (χ3n) is 5.91. The molecule has 0 aromatic rings. The maximum atomic E-state index is 13.2. The summed E-state index contributed by atoms with van der Waals surface area (Å²) in [6.07, 6.45) is 2.83. The Bertz CT molecular complexity index is 586. The number of rotatable bonds is 5. The molecular formula is C19H32N4O4. The zero-order valence-corrected chi connectivity index (χ0v) is 16.7. The maximum absolute atomic E-state index is 13.2. The molecule has 0 aliphatic carbocycles. The number of amides is 4. The number of hydrogen-bond acceptors (Lipinski definition) is 5. The standard InChI is InChI=1S/C19H32N4O4/c1-14(2)11-21-9-6-19(7-10-21)17(25)23(18(26)20-19)15-5-4-8-22(12-15)16(24)13-27-3/h14-15H,4-13H2,1-3H3,(H,20,26)/t15-/m1/s1. The van der Waals surface area contributed by atoms with Crippen LogP contribution in [0.25, 0.3) is 0 Å². The summed E-state index contributed by atoms with van der Waals surface area (Å²) >= 11 is 0. The molecule has 0 aromatic carbocycles. The molecule has 3 aliphatic rings. The largest absolute Gasteiger partial charge is 0.375 e. The van der Waals surface area contributed by atoms with Crippen molar-refractivity contribution in [1.82, 2.24) is 20.0 Å². The summed E-state index contributed by atoms with van der Waals surface area (Å²) in [5, 5.41) is 2.99. The van der Waals surface area contributed by atoms with E-state index in [1.54, 1.807) is 4.90 Å². The van der Waals surface area contributed by atoms with E-state index in [1.165, 1.54) is 12.0 Å². The smallest absolute Gasteiger partial charge is 0.325 e. The highest BCUT2D eigenvalue weighted by atomic mass is 16.5. The number of likely N-dealkylation sites (tertiary alicyclic amines) is 2. The number of piperidine rings is 2. The molecule has 0 aromatic heterocycles. The second-order valence-corrected chi connectivity index (χ2v) is 8.45. The van der Waals surface area contributed by atoms with Gasteiger partial charge < -0.3 is 19.9 Å². The van der Waals surface area contributed by atoms with Crippen LogP contribution in [-0.2, 0) is 14.3 Å². The first-order chi connectivity index (χ1) is 12.9. The molecule has 1 atom stereocenters. The fraction of sp³-hybridized carbons (Fsp3) is 0.842.